The van der Waals surface area contributed by atoms with E-state index in [0.29, 0.717) is 18.0 Å². The highest BCUT2D eigenvalue weighted by molar-refractivity contribution is 6.31. The summed E-state index contributed by atoms with van der Waals surface area (Å²) >= 11 is 6.10. The van der Waals surface area contributed by atoms with Crippen LogP contribution in [0.2, 0.25) is 5.02 Å². The molecule has 6 heteroatoms. The summed E-state index contributed by atoms with van der Waals surface area (Å²) in [6.07, 6.45) is 0.631. The summed E-state index contributed by atoms with van der Waals surface area (Å²) in [7, 11) is 0. The van der Waals surface area contributed by atoms with Crippen LogP contribution in [-0.4, -0.2) is 30.9 Å². The van der Waals surface area contributed by atoms with Gasteiger partial charge in [-0.25, -0.2) is 0 Å². The lowest BCUT2D eigenvalue weighted by molar-refractivity contribution is -0.132. The Labute approximate surface area is 129 Å². The molecule has 1 atom stereocenters. The standard InChI is InChI=1S/C15H20ClN3O2/c1-3-12-15(21)18-14(20)9-19(12)13-7-11(16)6-5-10(13)8-17-4-2/h5-7,12,17H,3-4,8-9H2,1-2H3,(H,18,20,21). The molecule has 1 aromatic rings. The van der Waals surface area contributed by atoms with Gasteiger partial charge in [0.25, 0.3) is 0 Å². The molecule has 1 aromatic carbocycles. The molecule has 114 valence electrons. The predicted molar refractivity (Wildman–Crippen MR) is 83.4 cm³/mol. The van der Waals surface area contributed by atoms with E-state index in [-0.39, 0.29) is 24.4 Å². The van der Waals surface area contributed by atoms with Crippen molar-refractivity contribution in [2.24, 2.45) is 0 Å². The minimum Gasteiger partial charge on any atom is -0.350 e. The maximum Gasteiger partial charge on any atom is 0.249 e. The molecule has 2 rings (SSSR count). The van der Waals surface area contributed by atoms with Gasteiger partial charge in [0, 0.05) is 17.3 Å². The van der Waals surface area contributed by atoms with Crippen molar-refractivity contribution in [3.63, 3.8) is 0 Å². The third-order valence-corrected chi connectivity index (χ3v) is 3.80. The number of halogens is 1. The van der Waals surface area contributed by atoms with Gasteiger partial charge in [0.05, 0.1) is 6.54 Å². The Morgan fingerprint density at radius 3 is 2.81 bits per heavy atom. The Kier molecular flexibility index (Phi) is 5.20. The maximum absolute atomic E-state index is 12.0. The van der Waals surface area contributed by atoms with Gasteiger partial charge >= 0.3 is 0 Å². The second-order valence-corrected chi connectivity index (χ2v) is 5.45. The first kappa shape index (κ1) is 15.8. The van der Waals surface area contributed by atoms with Gasteiger partial charge in [0.2, 0.25) is 11.8 Å². The number of amides is 2. The molecule has 0 aliphatic carbocycles. The quantitative estimate of drug-likeness (QED) is 0.813. The Bertz CT molecular complexity index is 548. The SMILES string of the molecule is CCNCc1ccc(Cl)cc1N1CC(=O)NC(=O)C1CC. The van der Waals surface area contributed by atoms with Crippen molar-refractivity contribution in [3.05, 3.63) is 28.8 Å². The number of hydrogen-bond acceptors (Lipinski definition) is 4. The van der Waals surface area contributed by atoms with E-state index in [9.17, 15) is 9.59 Å². The Morgan fingerprint density at radius 2 is 2.14 bits per heavy atom. The largest absolute Gasteiger partial charge is 0.350 e. The van der Waals surface area contributed by atoms with Crippen molar-refractivity contribution in [1.29, 1.82) is 0 Å². The van der Waals surface area contributed by atoms with Crippen LogP contribution in [0.1, 0.15) is 25.8 Å². The molecule has 1 aliphatic heterocycles. The van der Waals surface area contributed by atoms with Crippen molar-refractivity contribution in [3.8, 4) is 0 Å². The number of piperazine rings is 1. The van der Waals surface area contributed by atoms with Crippen molar-refractivity contribution in [1.82, 2.24) is 10.6 Å². The summed E-state index contributed by atoms with van der Waals surface area (Å²) in [6.45, 7) is 5.65. The monoisotopic (exact) mass is 309 g/mol. The number of nitrogens with zero attached hydrogens (tertiary/aromatic N) is 1. The van der Waals surface area contributed by atoms with E-state index in [1.807, 2.05) is 36.9 Å². The number of imide groups is 1. The van der Waals surface area contributed by atoms with Crippen LogP contribution in [0.25, 0.3) is 0 Å². The Hall–Kier alpha value is -1.59. The Balaban J connectivity index is 2.39. The highest BCUT2D eigenvalue weighted by atomic mass is 35.5. The Morgan fingerprint density at radius 1 is 1.38 bits per heavy atom. The zero-order valence-electron chi connectivity index (χ0n) is 12.3. The van der Waals surface area contributed by atoms with Gasteiger partial charge in [0.15, 0.2) is 0 Å². The maximum atomic E-state index is 12.0. The fourth-order valence-electron chi connectivity index (χ4n) is 2.54. The first-order valence-corrected chi connectivity index (χ1v) is 7.54. The molecule has 0 radical (unpaired) electrons. The number of carbonyl (C=O) groups is 2. The van der Waals surface area contributed by atoms with Crippen LogP contribution in [0.4, 0.5) is 5.69 Å². The summed E-state index contributed by atoms with van der Waals surface area (Å²) < 4.78 is 0. The van der Waals surface area contributed by atoms with Gasteiger partial charge in [-0.15, -0.1) is 0 Å². The lowest BCUT2D eigenvalue weighted by Crippen LogP contribution is -2.58. The van der Waals surface area contributed by atoms with Crippen LogP contribution in [0.5, 0.6) is 0 Å². The number of carbonyl (C=O) groups excluding carboxylic acids is 2. The predicted octanol–water partition coefficient (Wildman–Crippen LogP) is 1.69. The van der Waals surface area contributed by atoms with E-state index in [1.165, 1.54) is 0 Å². The average molecular weight is 310 g/mol. The number of hydrogen-bond donors (Lipinski definition) is 2. The second kappa shape index (κ2) is 6.91. The van der Waals surface area contributed by atoms with Gasteiger partial charge in [-0.2, -0.15) is 0 Å². The summed E-state index contributed by atoms with van der Waals surface area (Å²) in [4.78, 5) is 25.6. The third kappa shape index (κ3) is 3.54. The van der Waals surface area contributed by atoms with E-state index in [4.69, 9.17) is 11.6 Å². The zero-order chi connectivity index (χ0) is 15.4. The van der Waals surface area contributed by atoms with Gasteiger partial charge in [0.1, 0.15) is 6.04 Å². The minimum atomic E-state index is -0.346. The smallest absolute Gasteiger partial charge is 0.249 e. The highest BCUT2D eigenvalue weighted by Gasteiger charge is 2.33. The van der Waals surface area contributed by atoms with Crippen LogP contribution in [0.3, 0.4) is 0 Å². The molecule has 1 heterocycles. The zero-order valence-corrected chi connectivity index (χ0v) is 13.0. The molecule has 0 saturated carbocycles. The number of anilines is 1. The molecule has 0 bridgehead atoms. The molecule has 1 unspecified atom stereocenters. The lowest BCUT2D eigenvalue weighted by Gasteiger charge is -2.36. The van der Waals surface area contributed by atoms with Crippen LogP contribution < -0.4 is 15.5 Å². The van der Waals surface area contributed by atoms with Gasteiger partial charge in [-0.1, -0.05) is 31.5 Å². The lowest BCUT2D eigenvalue weighted by atomic mass is 10.0. The van der Waals surface area contributed by atoms with Gasteiger partial charge < -0.3 is 10.2 Å². The summed E-state index contributed by atoms with van der Waals surface area (Å²) in [5.74, 6) is -0.526. The first-order chi connectivity index (χ1) is 10.1. The normalized spacial score (nSPS) is 18.8. The van der Waals surface area contributed by atoms with E-state index in [1.54, 1.807) is 0 Å². The summed E-state index contributed by atoms with van der Waals surface area (Å²) in [5.41, 5.74) is 1.88. The molecule has 1 aliphatic rings. The molecule has 1 fully saturated rings. The minimum absolute atomic E-state index is 0.170. The van der Waals surface area contributed by atoms with E-state index in [0.717, 1.165) is 17.8 Å². The van der Waals surface area contributed by atoms with Crippen LogP contribution >= 0.6 is 11.6 Å². The van der Waals surface area contributed by atoms with E-state index >= 15 is 0 Å². The molecule has 2 N–H and O–H groups in total. The molecule has 5 nitrogen and oxygen atoms in total. The van der Waals surface area contributed by atoms with Gasteiger partial charge in [-0.3, -0.25) is 14.9 Å². The second-order valence-electron chi connectivity index (χ2n) is 5.02. The highest BCUT2D eigenvalue weighted by Crippen LogP contribution is 2.28. The summed E-state index contributed by atoms with van der Waals surface area (Å²) in [6, 6.07) is 5.23. The first-order valence-electron chi connectivity index (χ1n) is 7.16. The number of rotatable bonds is 5. The molecule has 0 aromatic heterocycles. The average Bonchev–Trinajstić information content (AvgIpc) is 2.45. The van der Waals surface area contributed by atoms with Crippen molar-refractivity contribution in [2.75, 3.05) is 18.0 Å². The molecular weight excluding hydrogens is 290 g/mol. The fraction of sp³-hybridized carbons (Fsp3) is 0.467. The number of nitrogens with one attached hydrogen (secondary N) is 2. The van der Waals surface area contributed by atoms with Gasteiger partial charge in [-0.05, 0) is 30.7 Å². The molecule has 2 amide bonds. The third-order valence-electron chi connectivity index (χ3n) is 3.56. The molecule has 0 spiro atoms. The molecule has 21 heavy (non-hydrogen) atoms. The van der Waals surface area contributed by atoms with Crippen LogP contribution in [0, 0.1) is 0 Å². The van der Waals surface area contributed by atoms with Crippen LogP contribution in [-0.2, 0) is 16.1 Å². The van der Waals surface area contributed by atoms with Crippen molar-refractivity contribution >= 4 is 29.1 Å². The van der Waals surface area contributed by atoms with E-state index < -0.39 is 0 Å². The van der Waals surface area contributed by atoms with Crippen molar-refractivity contribution in [2.45, 2.75) is 32.9 Å². The van der Waals surface area contributed by atoms with E-state index in [2.05, 4.69) is 10.6 Å². The molecule has 1 saturated heterocycles. The number of benzene rings is 1. The van der Waals surface area contributed by atoms with Crippen molar-refractivity contribution < 1.29 is 9.59 Å². The topological polar surface area (TPSA) is 61.4 Å². The fourth-order valence-corrected chi connectivity index (χ4v) is 2.71. The molecular formula is C15H20ClN3O2. The van der Waals surface area contributed by atoms with Crippen LogP contribution in [0.15, 0.2) is 18.2 Å². The summed E-state index contributed by atoms with van der Waals surface area (Å²) in [5, 5.41) is 6.25.